The van der Waals surface area contributed by atoms with Crippen molar-refractivity contribution in [3.05, 3.63) is 0 Å². The highest BCUT2D eigenvalue weighted by molar-refractivity contribution is 4.61. The lowest BCUT2D eigenvalue weighted by Crippen LogP contribution is -2.03. The summed E-state index contributed by atoms with van der Waals surface area (Å²) in [6.07, 6.45) is 27.8. The molecular weight excluding hydrogens is 288 g/mol. The largest absolute Gasteiger partial charge is 0.0654 e. The lowest BCUT2D eigenvalue weighted by atomic mass is 9.89. The van der Waals surface area contributed by atoms with Gasteiger partial charge in [0.1, 0.15) is 0 Å². The smallest absolute Gasteiger partial charge is 0.0383 e. The van der Waals surface area contributed by atoms with Crippen LogP contribution in [0.25, 0.3) is 0 Å². The summed E-state index contributed by atoms with van der Waals surface area (Å²) in [5.41, 5.74) is 0.537. The van der Waals surface area contributed by atoms with Crippen molar-refractivity contribution < 1.29 is 0 Å². The Kier molecular flexibility index (Phi) is 17.8. The lowest BCUT2D eigenvalue weighted by Gasteiger charge is -2.17. The van der Waals surface area contributed by atoms with Gasteiger partial charge in [0.25, 0.3) is 0 Å². The highest BCUT2D eigenvalue weighted by Crippen LogP contribution is 2.22. The van der Waals surface area contributed by atoms with E-state index in [-0.39, 0.29) is 0 Å². The van der Waals surface area contributed by atoms with Gasteiger partial charge in [0.15, 0.2) is 0 Å². The molecule has 0 heteroatoms. The van der Waals surface area contributed by atoms with Crippen LogP contribution in [0, 0.1) is 5.41 Å². The third-order valence-corrected chi connectivity index (χ3v) is 5.28. The van der Waals surface area contributed by atoms with Crippen molar-refractivity contribution >= 4 is 0 Å². The topological polar surface area (TPSA) is 0 Å². The van der Waals surface area contributed by atoms with Crippen molar-refractivity contribution in [1.82, 2.24) is 0 Å². The molecule has 0 radical (unpaired) electrons. The fourth-order valence-electron chi connectivity index (χ4n) is 3.56. The van der Waals surface area contributed by atoms with Crippen LogP contribution in [0.2, 0.25) is 0 Å². The van der Waals surface area contributed by atoms with Gasteiger partial charge in [-0.2, -0.15) is 0 Å². The molecule has 0 saturated heterocycles. The normalized spacial score (nSPS) is 12.0. The van der Waals surface area contributed by atoms with Gasteiger partial charge in [-0.15, -0.1) is 0 Å². The minimum Gasteiger partial charge on any atom is -0.0654 e. The third-order valence-electron chi connectivity index (χ3n) is 5.28. The van der Waals surface area contributed by atoms with Crippen LogP contribution in [0.4, 0.5) is 0 Å². The molecule has 0 aromatic rings. The molecule has 0 spiro atoms. The Bertz CT molecular complexity index is 223. The molecule has 0 nitrogen and oxygen atoms in total. The van der Waals surface area contributed by atoms with Gasteiger partial charge < -0.3 is 0 Å². The summed E-state index contributed by atoms with van der Waals surface area (Å²) in [4.78, 5) is 0. The van der Waals surface area contributed by atoms with Gasteiger partial charge >= 0.3 is 0 Å². The molecule has 0 aliphatic carbocycles. The molecule has 0 amide bonds. The average Bonchev–Trinajstić information content (AvgIpc) is 2.52. The van der Waals surface area contributed by atoms with E-state index in [1.54, 1.807) is 0 Å². The SMILES string of the molecule is CCCCCCCCCCCCCCCCCCCCC(C)(C)C. The second-order valence-corrected chi connectivity index (χ2v) is 9.32. The van der Waals surface area contributed by atoms with Crippen LogP contribution >= 0.6 is 0 Å². The second kappa shape index (κ2) is 17.8. The predicted octanol–water partition coefficient (Wildman–Crippen LogP) is 9.46. The maximum atomic E-state index is 2.36. The van der Waals surface area contributed by atoms with Crippen molar-refractivity contribution in [3.8, 4) is 0 Å². The van der Waals surface area contributed by atoms with Crippen molar-refractivity contribution in [2.75, 3.05) is 0 Å². The molecule has 0 atom stereocenters. The maximum absolute atomic E-state index is 2.36. The van der Waals surface area contributed by atoms with E-state index in [4.69, 9.17) is 0 Å². The Morgan fingerprint density at radius 2 is 0.625 bits per heavy atom. The molecule has 0 N–H and O–H groups in total. The summed E-state index contributed by atoms with van der Waals surface area (Å²) >= 11 is 0. The number of hydrogen-bond acceptors (Lipinski definition) is 0. The Morgan fingerprint density at radius 1 is 0.375 bits per heavy atom. The quantitative estimate of drug-likeness (QED) is 0.218. The molecular formula is C24H50. The molecule has 0 aliphatic heterocycles. The summed E-state index contributed by atoms with van der Waals surface area (Å²) in [6.45, 7) is 9.38. The first-order valence-electron chi connectivity index (χ1n) is 11.6. The third kappa shape index (κ3) is 22.0. The molecule has 0 bridgehead atoms. The molecule has 0 aromatic heterocycles. The van der Waals surface area contributed by atoms with E-state index in [0.717, 1.165) is 0 Å². The van der Waals surface area contributed by atoms with Gasteiger partial charge in [-0.1, -0.05) is 143 Å². The van der Waals surface area contributed by atoms with Crippen LogP contribution in [0.3, 0.4) is 0 Å². The lowest BCUT2D eigenvalue weighted by molar-refractivity contribution is 0.356. The minimum atomic E-state index is 0.537. The average molecular weight is 339 g/mol. The maximum Gasteiger partial charge on any atom is -0.0383 e. The molecule has 24 heavy (non-hydrogen) atoms. The summed E-state index contributed by atoms with van der Waals surface area (Å²) in [6, 6.07) is 0. The fourth-order valence-corrected chi connectivity index (χ4v) is 3.56. The van der Waals surface area contributed by atoms with Gasteiger partial charge in [-0.25, -0.2) is 0 Å². The Hall–Kier alpha value is 0. The van der Waals surface area contributed by atoms with Crippen molar-refractivity contribution in [1.29, 1.82) is 0 Å². The van der Waals surface area contributed by atoms with Gasteiger partial charge in [0.2, 0.25) is 0 Å². The van der Waals surface area contributed by atoms with E-state index in [0.29, 0.717) is 5.41 Å². The number of unbranched alkanes of at least 4 members (excludes halogenated alkanes) is 17. The van der Waals surface area contributed by atoms with E-state index in [9.17, 15) is 0 Å². The van der Waals surface area contributed by atoms with Crippen LogP contribution in [0.1, 0.15) is 150 Å². The Morgan fingerprint density at radius 3 is 0.875 bits per heavy atom. The van der Waals surface area contributed by atoms with E-state index >= 15 is 0 Å². The molecule has 0 unspecified atom stereocenters. The number of hydrogen-bond donors (Lipinski definition) is 0. The zero-order chi connectivity index (χ0) is 17.9. The van der Waals surface area contributed by atoms with Crippen molar-refractivity contribution in [3.63, 3.8) is 0 Å². The first-order valence-corrected chi connectivity index (χ1v) is 11.6. The molecule has 0 aromatic carbocycles. The van der Waals surface area contributed by atoms with E-state index in [1.165, 1.54) is 122 Å². The highest BCUT2D eigenvalue weighted by Gasteiger charge is 2.08. The second-order valence-electron chi connectivity index (χ2n) is 9.32. The first-order chi connectivity index (χ1) is 11.6. The first kappa shape index (κ1) is 24.0. The van der Waals surface area contributed by atoms with Crippen LogP contribution in [0.5, 0.6) is 0 Å². The molecule has 0 fully saturated rings. The van der Waals surface area contributed by atoms with Gasteiger partial charge in [0.05, 0.1) is 0 Å². The molecule has 0 rings (SSSR count). The van der Waals surface area contributed by atoms with Crippen LogP contribution in [-0.4, -0.2) is 0 Å². The zero-order valence-corrected chi connectivity index (χ0v) is 17.9. The standard InChI is InChI=1S/C24H50/c1-5-6-7-8-9-10-11-12-13-14-15-16-17-18-19-20-21-22-23-24(2,3)4/h5-23H2,1-4H3. The van der Waals surface area contributed by atoms with Crippen LogP contribution in [-0.2, 0) is 0 Å². The van der Waals surface area contributed by atoms with Gasteiger partial charge in [-0.05, 0) is 11.8 Å². The van der Waals surface area contributed by atoms with Crippen molar-refractivity contribution in [2.24, 2.45) is 5.41 Å². The van der Waals surface area contributed by atoms with Crippen molar-refractivity contribution in [2.45, 2.75) is 150 Å². The summed E-state index contributed by atoms with van der Waals surface area (Å²) < 4.78 is 0. The molecule has 0 heterocycles. The zero-order valence-electron chi connectivity index (χ0n) is 17.9. The van der Waals surface area contributed by atoms with Gasteiger partial charge in [0, 0.05) is 0 Å². The Labute approximate surface area is 155 Å². The van der Waals surface area contributed by atoms with Crippen LogP contribution in [0.15, 0.2) is 0 Å². The number of rotatable bonds is 18. The molecule has 0 aliphatic rings. The molecule has 0 saturated carbocycles. The Balaban J connectivity index is 3.00. The monoisotopic (exact) mass is 338 g/mol. The minimum absolute atomic E-state index is 0.537. The highest BCUT2D eigenvalue weighted by atomic mass is 14.1. The predicted molar refractivity (Wildman–Crippen MR) is 113 cm³/mol. The summed E-state index contributed by atoms with van der Waals surface area (Å²) in [5, 5.41) is 0. The van der Waals surface area contributed by atoms with E-state index in [1.807, 2.05) is 0 Å². The molecule has 146 valence electrons. The van der Waals surface area contributed by atoms with E-state index in [2.05, 4.69) is 27.7 Å². The summed E-state index contributed by atoms with van der Waals surface area (Å²) in [5.74, 6) is 0. The summed E-state index contributed by atoms with van der Waals surface area (Å²) in [7, 11) is 0. The van der Waals surface area contributed by atoms with Crippen LogP contribution < -0.4 is 0 Å². The fraction of sp³-hybridized carbons (Fsp3) is 1.00. The van der Waals surface area contributed by atoms with E-state index < -0.39 is 0 Å². The van der Waals surface area contributed by atoms with Gasteiger partial charge in [-0.3, -0.25) is 0 Å².